The predicted octanol–water partition coefficient (Wildman–Crippen LogP) is 3.32. The molecule has 1 N–H and O–H groups in total. The van der Waals surface area contributed by atoms with Crippen LogP contribution in [0.2, 0.25) is 0 Å². The van der Waals surface area contributed by atoms with Crippen molar-refractivity contribution < 1.29 is 4.79 Å². The SMILES string of the molecule is CCCCc1ccc(NC(=O)c2cn(C)nc2C)cc1. The maximum absolute atomic E-state index is 12.1. The molecule has 1 aromatic heterocycles. The molecule has 0 bridgehead atoms. The van der Waals surface area contributed by atoms with Crippen LogP contribution in [0.1, 0.15) is 41.4 Å². The summed E-state index contributed by atoms with van der Waals surface area (Å²) in [5, 5.41) is 7.08. The number of aromatic nitrogens is 2. The first-order valence-electron chi connectivity index (χ1n) is 7.00. The van der Waals surface area contributed by atoms with Crippen molar-refractivity contribution in [3.63, 3.8) is 0 Å². The summed E-state index contributed by atoms with van der Waals surface area (Å²) in [6.07, 6.45) is 5.21. The fourth-order valence-corrected chi connectivity index (χ4v) is 2.16. The minimum Gasteiger partial charge on any atom is -0.322 e. The molecule has 2 aromatic rings. The van der Waals surface area contributed by atoms with E-state index in [1.807, 2.05) is 26.1 Å². The molecule has 0 aliphatic carbocycles. The first-order chi connectivity index (χ1) is 9.60. The van der Waals surface area contributed by atoms with Crippen LogP contribution in [0.3, 0.4) is 0 Å². The molecule has 1 aromatic carbocycles. The van der Waals surface area contributed by atoms with Gasteiger partial charge in [0, 0.05) is 18.9 Å². The van der Waals surface area contributed by atoms with Crippen molar-refractivity contribution >= 4 is 11.6 Å². The summed E-state index contributed by atoms with van der Waals surface area (Å²) in [7, 11) is 1.81. The van der Waals surface area contributed by atoms with Crippen molar-refractivity contribution in [1.29, 1.82) is 0 Å². The average Bonchev–Trinajstić information content (AvgIpc) is 2.77. The Balaban J connectivity index is 2.02. The number of rotatable bonds is 5. The zero-order valence-corrected chi connectivity index (χ0v) is 12.3. The van der Waals surface area contributed by atoms with Crippen LogP contribution >= 0.6 is 0 Å². The van der Waals surface area contributed by atoms with E-state index in [4.69, 9.17) is 0 Å². The van der Waals surface area contributed by atoms with Crippen LogP contribution in [0, 0.1) is 6.92 Å². The van der Waals surface area contributed by atoms with Gasteiger partial charge in [0.15, 0.2) is 0 Å². The van der Waals surface area contributed by atoms with E-state index in [0.717, 1.165) is 17.8 Å². The molecule has 0 saturated carbocycles. The second-order valence-electron chi connectivity index (χ2n) is 5.06. The summed E-state index contributed by atoms with van der Waals surface area (Å²) in [5.41, 5.74) is 3.48. The zero-order chi connectivity index (χ0) is 14.5. The first-order valence-corrected chi connectivity index (χ1v) is 7.00. The Labute approximate surface area is 119 Å². The Morgan fingerprint density at radius 3 is 2.55 bits per heavy atom. The zero-order valence-electron chi connectivity index (χ0n) is 12.3. The van der Waals surface area contributed by atoms with Crippen LogP contribution in [-0.2, 0) is 13.5 Å². The number of anilines is 1. The van der Waals surface area contributed by atoms with Gasteiger partial charge in [-0.1, -0.05) is 25.5 Å². The van der Waals surface area contributed by atoms with Gasteiger partial charge in [0.25, 0.3) is 5.91 Å². The van der Waals surface area contributed by atoms with Gasteiger partial charge in [0.2, 0.25) is 0 Å². The maximum Gasteiger partial charge on any atom is 0.259 e. The lowest BCUT2D eigenvalue weighted by atomic mass is 10.1. The van der Waals surface area contributed by atoms with Crippen LogP contribution in [-0.4, -0.2) is 15.7 Å². The lowest BCUT2D eigenvalue weighted by Crippen LogP contribution is -2.12. The van der Waals surface area contributed by atoms with E-state index in [1.54, 1.807) is 10.9 Å². The Kier molecular flexibility index (Phi) is 4.56. The van der Waals surface area contributed by atoms with Gasteiger partial charge in [-0.05, 0) is 37.5 Å². The molecule has 4 nitrogen and oxygen atoms in total. The van der Waals surface area contributed by atoms with Crippen LogP contribution in [0.5, 0.6) is 0 Å². The predicted molar refractivity (Wildman–Crippen MR) is 81.0 cm³/mol. The summed E-state index contributed by atoms with van der Waals surface area (Å²) < 4.78 is 1.65. The Morgan fingerprint density at radius 2 is 2.00 bits per heavy atom. The quantitative estimate of drug-likeness (QED) is 0.906. The van der Waals surface area contributed by atoms with E-state index in [2.05, 4.69) is 29.5 Å². The minimum atomic E-state index is -0.114. The van der Waals surface area contributed by atoms with Crippen molar-refractivity contribution in [2.24, 2.45) is 7.05 Å². The van der Waals surface area contributed by atoms with E-state index in [0.29, 0.717) is 5.56 Å². The third-order valence-electron chi connectivity index (χ3n) is 3.29. The highest BCUT2D eigenvalue weighted by Gasteiger charge is 2.12. The largest absolute Gasteiger partial charge is 0.322 e. The molecule has 0 unspecified atom stereocenters. The van der Waals surface area contributed by atoms with E-state index in [1.165, 1.54) is 18.4 Å². The van der Waals surface area contributed by atoms with Gasteiger partial charge in [-0.15, -0.1) is 0 Å². The molecule has 1 amide bonds. The monoisotopic (exact) mass is 271 g/mol. The number of nitrogens with one attached hydrogen (secondary N) is 1. The number of hydrogen-bond acceptors (Lipinski definition) is 2. The molecule has 1 heterocycles. The van der Waals surface area contributed by atoms with E-state index < -0.39 is 0 Å². The van der Waals surface area contributed by atoms with Crippen molar-refractivity contribution in [2.45, 2.75) is 33.1 Å². The number of carbonyl (C=O) groups excluding carboxylic acids is 1. The fourth-order valence-electron chi connectivity index (χ4n) is 2.16. The van der Waals surface area contributed by atoms with Gasteiger partial charge in [-0.25, -0.2) is 0 Å². The lowest BCUT2D eigenvalue weighted by molar-refractivity contribution is 0.102. The first kappa shape index (κ1) is 14.3. The van der Waals surface area contributed by atoms with Crippen LogP contribution in [0.15, 0.2) is 30.5 Å². The molecule has 20 heavy (non-hydrogen) atoms. The molecular weight excluding hydrogens is 250 g/mol. The lowest BCUT2D eigenvalue weighted by Gasteiger charge is -2.06. The van der Waals surface area contributed by atoms with Crippen molar-refractivity contribution in [3.05, 3.63) is 47.3 Å². The standard InChI is InChI=1S/C16H21N3O/c1-4-5-6-13-7-9-14(10-8-13)17-16(20)15-11-19(3)18-12(15)2/h7-11H,4-6H2,1-3H3,(H,17,20). The van der Waals surface area contributed by atoms with E-state index in [9.17, 15) is 4.79 Å². The third kappa shape index (κ3) is 3.47. The highest BCUT2D eigenvalue weighted by Crippen LogP contribution is 2.14. The van der Waals surface area contributed by atoms with Crippen molar-refractivity contribution in [3.8, 4) is 0 Å². The molecule has 0 spiro atoms. The maximum atomic E-state index is 12.1. The van der Waals surface area contributed by atoms with Crippen LogP contribution < -0.4 is 5.32 Å². The summed E-state index contributed by atoms with van der Waals surface area (Å²) in [4.78, 5) is 12.1. The molecule has 0 aliphatic rings. The topological polar surface area (TPSA) is 46.9 Å². The Hall–Kier alpha value is -2.10. The van der Waals surface area contributed by atoms with Gasteiger partial charge >= 0.3 is 0 Å². The van der Waals surface area contributed by atoms with Crippen molar-refractivity contribution in [2.75, 3.05) is 5.32 Å². The molecule has 0 aliphatic heterocycles. The van der Waals surface area contributed by atoms with E-state index >= 15 is 0 Å². The molecule has 0 saturated heterocycles. The Morgan fingerprint density at radius 1 is 1.30 bits per heavy atom. The second-order valence-corrected chi connectivity index (χ2v) is 5.06. The van der Waals surface area contributed by atoms with Crippen LogP contribution in [0.25, 0.3) is 0 Å². The summed E-state index contributed by atoms with van der Waals surface area (Å²) >= 11 is 0. The number of hydrogen-bond donors (Lipinski definition) is 1. The average molecular weight is 271 g/mol. The normalized spacial score (nSPS) is 10.6. The van der Waals surface area contributed by atoms with Gasteiger partial charge in [0.05, 0.1) is 11.3 Å². The number of aryl methyl sites for hydroxylation is 3. The molecule has 4 heteroatoms. The number of nitrogens with zero attached hydrogens (tertiary/aromatic N) is 2. The minimum absolute atomic E-state index is 0.114. The number of amides is 1. The summed E-state index contributed by atoms with van der Waals surface area (Å²) in [6.45, 7) is 4.02. The summed E-state index contributed by atoms with van der Waals surface area (Å²) in [6, 6.07) is 8.05. The molecular formula is C16H21N3O. The van der Waals surface area contributed by atoms with Crippen molar-refractivity contribution in [1.82, 2.24) is 9.78 Å². The number of carbonyl (C=O) groups is 1. The van der Waals surface area contributed by atoms with Gasteiger partial charge in [-0.3, -0.25) is 9.48 Å². The highest BCUT2D eigenvalue weighted by atomic mass is 16.1. The molecule has 0 atom stereocenters. The summed E-state index contributed by atoms with van der Waals surface area (Å²) in [5.74, 6) is -0.114. The number of benzene rings is 1. The molecule has 0 radical (unpaired) electrons. The number of unbranched alkanes of at least 4 members (excludes halogenated alkanes) is 1. The van der Waals surface area contributed by atoms with Gasteiger partial charge < -0.3 is 5.32 Å². The molecule has 2 rings (SSSR count). The molecule has 106 valence electrons. The highest BCUT2D eigenvalue weighted by molar-refractivity contribution is 6.04. The Bertz CT molecular complexity index is 584. The van der Waals surface area contributed by atoms with E-state index in [-0.39, 0.29) is 5.91 Å². The molecule has 0 fully saturated rings. The van der Waals surface area contributed by atoms with Gasteiger partial charge in [0.1, 0.15) is 0 Å². The second kappa shape index (κ2) is 6.37. The third-order valence-corrected chi connectivity index (χ3v) is 3.29. The fraction of sp³-hybridized carbons (Fsp3) is 0.375. The van der Waals surface area contributed by atoms with Crippen LogP contribution in [0.4, 0.5) is 5.69 Å². The van der Waals surface area contributed by atoms with Gasteiger partial charge in [-0.2, -0.15) is 5.10 Å². The smallest absolute Gasteiger partial charge is 0.259 e.